The summed E-state index contributed by atoms with van der Waals surface area (Å²) in [5.41, 5.74) is 2.34. The quantitative estimate of drug-likeness (QED) is 0.626. The molecule has 8 nitrogen and oxygen atoms in total. The van der Waals surface area contributed by atoms with Gasteiger partial charge in [0.05, 0.1) is 25.8 Å². The van der Waals surface area contributed by atoms with Gasteiger partial charge in [0.2, 0.25) is 5.91 Å². The second kappa shape index (κ2) is 8.48. The van der Waals surface area contributed by atoms with Gasteiger partial charge in [-0.25, -0.2) is 4.79 Å². The number of methoxy groups -OCH3 is 1. The number of nitrogens with zero attached hydrogens (tertiary/aromatic N) is 1. The van der Waals surface area contributed by atoms with Crippen LogP contribution in [0.15, 0.2) is 29.5 Å². The number of carbonyl (C=O) groups excluding carboxylic acids is 3. The molecule has 0 fully saturated rings. The van der Waals surface area contributed by atoms with Crippen molar-refractivity contribution in [3.8, 4) is 0 Å². The number of carbonyl (C=O) groups is 3. The molecule has 0 radical (unpaired) electrons. The molecular weight excluding hydrogens is 338 g/mol. The number of amides is 2. The van der Waals surface area contributed by atoms with E-state index in [1.807, 2.05) is 6.92 Å². The van der Waals surface area contributed by atoms with Gasteiger partial charge in [0, 0.05) is 24.3 Å². The molecule has 0 unspecified atom stereocenters. The van der Waals surface area contributed by atoms with E-state index >= 15 is 0 Å². The van der Waals surface area contributed by atoms with Crippen molar-refractivity contribution in [2.45, 2.75) is 20.3 Å². The summed E-state index contributed by atoms with van der Waals surface area (Å²) < 4.78 is 4.76. The number of esters is 1. The summed E-state index contributed by atoms with van der Waals surface area (Å²) in [5, 5.41) is 14.9. The van der Waals surface area contributed by atoms with Gasteiger partial charge in [-0.2, -0.15) is 0 Å². The van der Waals surface area contributed by atoms with Crippen molar-refractivity contribution in [3.63, 3.8) is 0 Å². The van der Waals surface area contributed by atoms with Crippen LogP contribution >= 0.6 is 0 Å². The first kappa shape index (κ1) is 19.5. The molecule has 0 spiro atoms. The van der Waals surface area contributed by atoms with Crippen LogP contribution in [0.5, 0.6) is 0 Å². The minimum Gasteiger partial charge on any atom is -0.466 e. The number of benzene rings is 1. The first-order chi connectivity index (χ1) is 12.4. The Labute approximate surface area is 151 Å². The highest BCUT2D eigenvalue weighted by Crippen LogP contribution is 2.26. The Morgan fingerprint density at radius 3 is 2.69 bits per heavy atom. The lowest BCUT2D eigenvalue weighted by molar-refractivity contribution is -0.136. The van der Waals surface area contributed by atoms with Gasteiger partial charge in [-0.1, -0.05) is 13.0 Å². The molecule has 2 rings (SSSR count). The molecule has 0 saturated carbocycles. The molecule has 140 valence electrons. The van der Waals surface area contributed by atoms with Crippen LogP contribution in [0.3, 0.4) is 0 Å². The zero-order valence-corrected chi connectivity index (χ0v) is 15.1. The van der Waals surface area contributed by atoms with E-state index in [2.05, 4.69) is 10.6 Å². The Kier molecular flexibility index (Phi) is 6.35. The molecule has 8 heteroatoms. The lowest BCUT2D eigenvalue weighted by Gasteiger charge is -2.16. The highest BCUT2D eigenvalue weighted by atomic mass is 16.5. The number of ether oxygens (including phenoxy) is 1. The molecule has 1 aromatic carbocycles. The van der Waals surface area contributed by atoms with E-state index < -0.39 is 5.97 Å². The molecule has 26 heavy (non-hydrogen) atoms. The minimum absolute atomic E-state index is 0.0692. The molecule has 0 atom stereocenters. The SMILES string of the molecule is CCC(=O)Nc1ccc(C)c(NC2=C(C(=O)OC)CN(CCO)C2=O)c1. The van der Waals surface area contributed by atoms with Crippen LogP contribution in [0, 0.1) is 6.92 Å². The zero-order chi connectivity index (χ0) is 19.3. The number of nitrogens with one attached hydrogen (secondary N) is 2. The number of hydrogen-bond acceptors (Lipinski definition) is 6. The van der Waals surface area contributed by atoms with Gasteiger partial charge in [0.25, 0.3) is 5.91 Å². The van der Waals surface area contributed by atoms with Crippen molar-refractivity contribution < 1.29 is 24.2 Å². The monoisotopic (exact) mass is 361 g/mol. The molecule has 1 heterocycles. The number of β-amino-alcohol motifs (C(OH)–C–C–N with tert-alkyl or cyclic N) is 1. The van der Waals surface area contributed by atoms with Crippen LogP contribution in [0.2, 0.25) is 0 Å². The van der Waals surface area contributed by atoms with Crippen LogP contribution in [0.1, 0.15) is 18.9 Å². The van der Waals surface area contributed by atoms with Gasteiger partial charge in [-0.15, -0.1) is 0 Å². The van der Waals surface area contributed by atoms with Crippen LogP contribution in [-0.2, 0) is 19.1 Å². The molecule has 1 aliphatic heterocycles. The maximum absolute atomic E-state index is 12.6. The Morgan fingerprint density at radius 1 is 1.35 bits per heavy atom. The van der Waals surface area contributed by atoms with Crippen LogP contribution < -0.4 is 10.6 Å². The number of aliphatic hydroxyl groups excluding tert-OH is 1. The highest BCUT2D eigenvalue weighted by molar-refractivity contribution is 6.08. The molecule has 2 amide bonds. The fourth-order valence-electron chi connectivity index (χ4n) is 2.57. The van der Waals surface area contributed by atoms with E-state index in [4.69, 9.17) is 9.84 Å². The summed E-state index contributed by atoms with van der Waals surface area (Å²) in [6.07, 6.45) is 0.350. The normalized spacial score (nSPS) is 13.8. The average Bonchev–Trinajstić information content (AvgIpc) is 2.93. The Bertz CT molecular complexity index is 757. The van der Waals surface area contributed by atoms with E-state index in [0.29, 0.717) is 17.8 Å². The predicted molar refractivity (Wildman–Crippen MR) is 96.4 cm³/mol. The maximum Gasteiger partial charge on any atom is 0.337 e. The van der Waals surface area contributed by atoms with Crippen molar-refractivity contribution in [3.05, 3.63) is 35.0 Å². The van der Waals surface area contributed by atoms with Crippen molar-refractivity contribution >= 4 is 29.2 Å². The van der Waals surface area contributed by atoms with Gasteiger partial charge >= 0.3 is 5.97 Å². The third-order valence-electron chi connectivity index (χ3n) is 4.06. The van der Waals surface area contributed by atoms with E-state index in [0.717, 1.165) is 5.56 Å². The first-order valence-electron chi connectivity index (χ1n) is 8.30. The summed E-state index contributed by atoms with van der Waals surface area (Å²) in [4.78, 5) is 37.5. The molecule has 0 bridgehead atoms. The molecule has 1 aromatic rings. The highest BCUT2D eigenvalue weighted by Gasteiger charge is 2.34. The maximum atomic E-state index is 12.6. The number of aryl methyl sites for hydroxylation is 1. The third kappa shape index (κ3) is 4.20. The molecule has 0 saturated heterocycles. The van der Waals surface area contributed by atoms with Crippen molar-refractivity contribution in [2.75, 3.05) is 37.4 Å². The van der Waals surface area contributed by atoms with Crippen molar-refractivity contribution in [1.82, 2.24) is 4.90 Å². The minimum atomic E-state index is -0.602. The van der Waals surface area contributed by atoms with Gasteiger partial charge in [-0.3, -0.25) is 9.59 Å². The summed E-state index contributed by atoms with van der Waals surface area (Å²) in [7, 11) is 1.25. The molecule has 1 aliphatic rings. The number of aliphatic hydroxyl groups is 1. The van der Waals surface area contributed by atoms with Crippen LogP contribution in [0.4, 0.5) is 11.4 Å². The van der Waals surface area contributed by atoms with Gasteiger partial charge < -0.3 is 25.4 Å². The second-order valence-corrected chi connectivity index (χ2v) is 5.85. The second-order valence-electron chi connectivity index (χ2n) is 5.85. The van der Waals surface area contributed by atoms with E-state index in [9.17, 15) is 14.4 Å². The van der Waals surface area contributed by atoms with Crippen LogP contribution in [0.25, 0.3) is 0 Å². The molecule has 3 N–H and O–H groups in total. The molecule has 0 aliphatic carbocycles. The lowest BCUT2D eigenvalue weighted by atomic mass is 10.1. The van der Waals surface area contributed by atoms with Crippen molar-refractivity contribution in [2.24, 2.45) is 0 Å². The van der Waals surface area contributed by atoms with E-state index in [1.165, 1.54) is 12.0 Å². The fraction of sp³-hybridized carbons (Fsp3) is 0.389. The number of rotatable bonds is 7. The molecule has 0 aromatic heterocycles. The Morgan fingerprint density at radius 2 is 2.08 bits per heavy atom. The lowest BCUT2D eigenvalue weighted by Crippen LogP contribution is -2.31. The van der Waals surface area contributed by atoms with Gasteiger partial charge in [0.15, 0.2) is 0 Å². The topological polar surface area (TPSA) is 108 Å². The zero-order valence-electron chi connectivity index (χ0n) is 15.1. The van der Waals surface area contributed by atoms with E-state index in [1.54, 1.807) is 25.1 Å². The third-order valence-corrected chi connectivity index (χ3v) is 4.06. The number of anilines is 2. The van der Waals surface area contributed by atoms with Crippen molar-refractivity contribution in [1.29, 1.82) is 0 Å². The smallest absolute Gasteiger partial charge is 0.337 e. The number of hydrogen-bond donors (Lipinski definition) is 3. The first-order valence-corrected chi connectivity index (χ1v) is 8.30. The summed E-state index contributed by atoms with van der Waals surface area (Å²) >= 11 is 0. The predicted octanol–water partition coefficient (Wildman–Crippen LogP) is 1.02. The standard InChI is InChI=1S/C18H23N3O5/c1-4-15(23)19-12-6-5-11(2)14(9-12)20-16-13(18(25)26-3)10-21(7-8-22)17(16)24/h5-6,9,20,22H,4,7-8,10H2,1-3H3,(H,19,23). The van der Waals surface area contributed by atoms with Gasteiger partial charge in [0.1, 0.15) is 5.70 Å². The largest absolute Gasteiger partial charge is 0.466 e. The average molecular weight is 361 g/mol. The summed E-state index contributed by atoms with van der Waals surface area (Å²) in [6, 6.07) is 5.27. The fourth-order valence-corrected chi connectivity index (χ4v) is 2.57. The molecular formula is C18H23N3O5. The van der Waals surface area contributed by atoms with Crippen LogP contribution in [-0.4, -0.2) is 54.6 Å². The summed E-state index contributed by atoms with van der Waals surface area (Å²) in [6.45, 7) is 3.58. The Balaban J connectivity index is 2.34. The Hall–Kier alpha value is -2.87. The summed E-state index contributed by atoms with van der Waals surface area (Å²) in [5.74, 6) is -1.11. The van der Waals surface area contributed by atoms with Gasteiger partial charge in [-0.05, 0) is 24.6 Å². The van der Waals surface area contributed by atoms with E-state index in [-0.39, 0.29) is 42.8 Å².